The lowest BCUT2D eigenvalue weighted by atomic mass is 10.1. The standard InChI is InChI=1S/C22H19N3OS/c1-16-23-20(15-27-16)18-10-7-11-19(14-18)24-22(26)21(25-12-5-6-13-25)17-8-3-2-4-9-17/h2-15,21H,1H3,(H,24,26)/t21-/m0/s1. The van der Waals surface area contributed by atoms with Crippen molar-refractivity contribution in [1.82, 2.24) is 9.55 Å². The molecule has 1 atom stereocenters. The fourth-order valence-corrected chi connectivity index (χ4v) is 3.70. The van der Waals surface area contributed by atoms with E-state index in [4.69, 9.17) is 0 Å². The van der Waals surface area contributed by atoms with Crippen LogP contribution < -0.4 is 5.32 Å². The van der Waals surface area contributed by atoms with E-state index in [1.54, 1.807) is 11.3 Å². The molecule has 0 fully saturated rings. The summed E-state index contributed by atoms with van der Waals surface area (Å²) in [6.07, 6.45) is 3.82. The molecular weight excluding hydrogens is 354 g/mol. The Hall–Kier alpha value is -3.18. The van der Waals surface area contributed by atoms with E-state index < -0.39 is 6.04 Å². The lowest BCUT2D eigenvalue weighted by molar-refractivity contribution is -0.118. The van der Waals surface area contributed by atoms with Gasteiger partial charge in [0.15, 0.2) is 0 Å². The minimum atomic E-state index is -0.425. The summed E-state index contributed by atoms with van der Waals surface area (Å²) < 4.78 is 1.91. The highest BCUT2D eigenvalue weighted by Gasteiger charge is 2.22. The monoisotopic (exact) mass is 373 g/mol. The minimum absolute atomic E-state index is 0.0796. The van der Waals surface area contributed by atoms with Gasteiger partial charge < -0.3 is 9.88 Å². The van der Waals surface area contributed by atoms with Crippen LogP contribution in [-0.2, 0) is 4.79 Å². The molecule has 1 N–H and O–H groups in total. The van der Waals surface area contributed by atoms with Crippen molar-refractivity contribution in [2.45, 2.75) is 13.0 Å². The van der Waals surface area contributed by atoms with Gasteiger partial charge in [0, 0.05) is 29.0 Å². The number of carbonyl (C=O) groups is 1. The molecule has 0 aliphatic rings. The zero-order chi connectivity index (χ0) is 18.6. The molecule has 5 heteroatoms. The Kier molecular flexibility index (Phi) is 4.85. The summed E-state index contributed by atoms with van der Waals surface area (Å²) in [5.74, 6) is -0.0796. The number of benzene rings is 2. The van der Waals surface area contributed by atoms with Gasteiger partial charge in [0.25, 0.3) is 5.91 Å². The Bertz CT molecular complexity index is 1040. The van der Waals surface area contributed by atoms with Crippen molar-refractivity contribution in [1.29, 1.82) is 0 Å². The number of nitrogens with one attached hydrogen (secondary N) is 1. The van der Waals surface area contributed by atoms with Gasteiger partial charge in [-0.25, -0.2) is 4.98 Å². The highest BCUT2D eigenvalue weighted by molar-refractivity contribution is 7.09. The first-order chi connectivity index (χ1) is 13.2. The first-order valence-electron chi connectivity index (χ1n) is 8.71. The maximum atomic E-state index is 13.1. The SMILES string of the molecule is Cc1nc(-c2cccc(NC(=O)[C@H](c3ccccc3)n3cccc3)c2)cs1. The molecule has 0 radical (unpaired) electrons. The number of thiazole rings is 1. The van der Waals surface area contributed by atoms with E-state index in [0.29, 0.717) is 0 Å². The molecular formula is C22H19N3OS. The van der Waals surface area contributed by atoms with Gasteiger partial charge in [-0.2, -0.15) is 0 Å². The van der Waals surface area contributed by atoms with E-state index >= 15 is 0 Å². The zero-order valence-electron chi connectivity index (χ0n) is 14.9. The molecule has 0 spiro atoms. The van der Waals surface area contributed by atoms with Gasteiger partial charge in [-0.05, 0) is 36.8 Å². The molecule has 0 aliphatic carbocycles. The molecule has 4 nitrogen and oxygen atoms in total. The summed E-state index contributed by atoms with van der Waals surface area (Å²) in [5, 5.41) is 6.12. The summed E-state index contributed by atoms with van der Waals surface area (Å²) in [5.41, 5.74) is 3.63. The molecule has 4 aromatic rings. The number of hydrogen-bond acceptors (Lipinski definition) is 3. The lowest BCUT2D eigenvalue weighted by Crippen LogP contribution is -2.26. The predicted octanol–water partition coefficient (Wildman–Crippen LogP) is 5.15. The molecule has 0 saturated heterocycles. The molecule has 134 valence electrons. The molecule has 2 aromatic carbocycles. The Labute approximate surface area is 162 Å². The average Bonchev–Trinajstić information content (AvgIpc) is 3.35. The maximum absolute atomic E-state index is 13.1. The summed E-state index contributed by atoms with van der Waals surface area (Å²) in [4.78, 5) is 17.6. The van der Waals surface area contributed by atoms with Crippen LogP contribution >= 0.6 is 11.3 Å². The van der Waals surface area contributed by atoms with Crippen molar-refractivity contribution < 1.29 is 4.79 Å². The number of aryl methyl sites for hydroxylation is 1. The van der Waals surface area contributed by atoms with E-state index in [2.05, 4.69) is 10.3 Å². The summed E-state index contributed by atoms with van der Waals surface area (Å²) in [6.45, 7) is 1.99. The Morgan fingerprint density at radius 3 is 2.52 bits per heavy atom. The number of hydrogen-bond donors (Lipinski definition) is 1. The molecule has 4 rings (SSSR count). The second kappa shape index (κ2) is 7.60. The smallest absolute Gasteiger partial charge is 0.252 e. The van der Waals surface area contributed by atoms with Crippen molar-refractivity contribution in [2.24, 2.45) is 0 Å². The van der Waals surface area contributed by atoms with E-state index in [0.717, 1.165) is 27.5 Å². The Morgan fingerprint density at radius 1 is 1.04 bits per heavy atom. The molecule has 2 aromatic heterocycles. The minimum Gasteiger partial charge on any atom is -0.338 e. The fourth-order valence-electron chi connectivity index (χ4n) is 3.08. The van der Waals surface area contributed by atoms with Crippen molar-refractivity contribution in [3.8, 4) is 11.3 Å². The summed E-state index contributed by atoms with van der Waals surface area (Å²) in [6, 6.07) is 21.0. The molecule has 1 amide bonds. The quantitative estimate of drug-likeness (QED) is 0.526. The highest BCUT2D eigenvalue weighted by Crippen LogP contribution is 2.26. The van der Waals surface area contributed by atoms with Crippen LogP contribution in [0.5, 0.6) is 0 Å². The second-order valence-electron chi connectivity index (χ2n) is 6.27. The topological polar surface area (TPSA) is 46.9 Å². The fraction of sp³-hybridized carbons (Fsp3) is 0.0909. The Balaban J connectivity index is 1.62. The normalized spacial score (nSPS) is 11.9. The van der Waals surface area contributed by atoms with E-state index in [1.165, 1.54) is 0 Å². The first kappa shape index (κ1) is 17.2. The van der Waals surface area contributed by atoms with Crippen LogP contribution in [0.25, 0.3) is 11.3 Å². The molecule has 0 aliphatic heterocycles. The summed E-state index contributed by atoms with van der Waals surface area (Å²) in [7, 11) is 0. The van der Waals surface area contributed by atoms with Crippen LogP contribution in [-0.4, -0.2) is 15.5 Å². The molecule has 0 bridgehead atoms. The van der Waals surface area contributed by atoms with Gasteiger partial charge in [-0.15, -0.1) is 11.3 Å². The van der Waals surface area contributed by atoms with Crippen LogP contribution in [0.2, 0.25) is 0 Å². The van der Waals surface area contributed by atoms with Gasteiger partial charge in [-0.1, -0.05) is 42.5 Å². The third-order valence-electron chi connectivity index (χ3n) is 4.33. The lowest BCUT2D eigenvalue weighted by Gasteiger charge is -2.19. The third-order valence-corrected chi connectivity index (χ3v) is 5.11. The van der Waals surface area contributed by atoms with Crippen molar-refractivity contribution in [3.05, 3.63) is 95.1 Å². The van der Waals surface area contributed by atoms with Gasteiger partial charge in [-0.3, -0.25) is 4.79 Å². The average molecular weight is 373 g/mol. The van der Waals surface area contributed by atoms with Crippen LogP contribution in [0.3, 0.4) is 0 Å². The molecule has 0 unspecified atom stereocenters. The summed E-state index contributed by atoms with van der Waals surface area (Å²) >= 11 is 1.62. The van der Waals surface area contributed by atoms with Crippen molar-refractivity contribution in [2.75, 3.05) is 5.32 Å². The largest absolute Gasteiger partial charge is 0.338 e. The predicted molar refractivity (Wildman–Crippen MR) is 110 cm³/mol. The van der Waals surface area contributed by atoms with Gasteiger partial charge >= 0.3 is 0 Å². The van der Waals surface area contributed by atoms with Crippen LogP contribution in [0.4, 0.5) is 5.69 Å². The maximum Gasteiger partial charge on any atom is 0.252 e. The van der Waals surface area contributed by atoms with E-state index in [-0.39, 0.29) is 5.91 Å². The number of rotatable bonds is 5. The number of anilines is 1. The molecule has 27 heavy (non-hydrogen) atoms. The second-order valence-corrected chi connectivity index (χ2v) is 7.33. The molecule has 2 heterocycles. The van der Waals surface area contributed by atoms with Crippen LogP contribution in [0.1, 0.15) is 16.6 Å². The van der Waals surface area contributed by atoms with Gasteiger partial charge in [0.2, 0.25) is 0 Å². The zero-order valence-corrected chi connectivity index (χ0v) is 15.7. The first-order valence-corrected chi connectivity index (χ1v) is 9.59. The number of amides is 1. The van der Waals surface area contributed by atoms with Crippen LogP contribution in [0.15, 0.2) is 84.5 Å². The third kappa shape index (κ3) is 3.83. The Morgan fingerprint density at radius 2 is 1.81 bits per heavy atom. The van der Waals surface area contributed by atoms with E-state index in [1.807, 2.05) is 96.0 Å². The van der Waals surface area contributed by atoms with Gasteiger partial charge in [0.05, 0.1) is 10.7 Å². The highest BCUT2D eigenvalue weighted by atomic mass is 32.1. The van der Waals surface area contributed by atoms with Crippen LogP contribution in [0, 0.1) is 6.92 Å². The number of nitrogens with zero attached hydrogens (tertiary/aromatic N) is 2. The van der Waals surface area contributed by atoms with E-state index in [9.17, 15) is 4.79 Å². The van der Waals surface area contributed by atoms with Crippen molar-refractivity contribution in [3.63, 3.8) is 0 Å². The van der Waals surface area contributed by atoms with Crippen molar-refractivity contribution >= 4 is 22.9 Å². The van der Waals surface area contributed by atoms with Gasteiger partial charge in [0.1, 0.15) is 6.04 Å². The number of aromatic nitrogens is 2. The number of carbonyl (C=O) groups excluding carboxylic acids is 1. The molecule has 0 saturated carbocycles.